The van der Waals surface area contributed by atoms with E-state index in [-0.39, 0.29) is 29.2 Å². The third-order valence-corrected chi connectivity index (χ3v) is 7.79. The number of carbonyl (C=O) groups is 1. The van der Waals surface area contributed by atoms with E-state index < -0.39 is 9.84 Å². The minimum atomic E-state index is -2.99. The lowest BCUT2D eigenvalue weighted by atomic mass is 10.2. The van der Waals surface area contributed by atoms with Gasteiger partial charge in [-0.2, -0.15) is 0 Å². The van der Waals surface area contributed by atoms with Crippen LogP contribution in [0.3, 0.4) is 0 Å². The number of aromatic nitrogens is 2. The van der Waals surface area contributed by atoms with Crippen LogP contribution in [-0.4, -0.2) is 65.3 Å². The maximum Gasteiger partial charge on any atom is 0.233 e. The van der Waals surface area contributed by atoms with E-state index in [4.69, 9.17) is 0 Å². The Morgan fingerprint density at radius 3 is 2.79 bits per heavy atom. The molecule has 10 heteroatoms. The fraction of sp³-hybridized carbons (Fsp3) is 0.786. The number of carbonyl (C=O) groups excluding carboxylic acids is 1. The van der Waals surface area contributed by atoms with Crippen molar-refractivity contribution in [2.24, 2.45) is 0 Å². The van der Waals surface area contributed by atoms with Crippen molar-refractivity contribution in [3.8, 4) is 0 Å². The van der Waals surface area contributed by atoms with Crippen molar-refractivity contribution in [2.75, 3.05) is 29.1 Å². The average molecular weight is 391 g/mol. The molecule has 0 radical (unpaired) electrons. The van der Waals surface area contributed by atoms with Gasteiger partial charge in [-0.05, 0) is 25.7 Å². The molecule has 0 aromatic carbocycles. The second kappa shape index (κ2) is 7.57. The van der Waals surface area contributed by atoms with Gasteiger partial charge in [-0.25, -0.2) is 8.42 Å². The molecule has 2 heterocycles. The third-order valence-electron chi connectivity index (χ3n) is 4.06. The predicted octanol–water partition coefficient (Wildman–Crippen LogP) is 1.63. The van der Waals surface area contributed by atoms with Crippen LogP contribution in [0.15, 0.2) is 4.34 Å². The zero-order valence-electron chi connectivity index (χ0n) is 13.6. The molecule has 2 fully saturated rings. The van der Waals surface area contributed by atoms with Crippen LogP contribution in [0, 0.1) is 0 Å². The van der Waals surface area contributed by atoms with Gasteiger partial charge in [0.05, 0.1) is 17.3 Å². The molecular weight excluding hydrogens is 368 g/mol. The van der Waals surface area contributed by atoms with Gasteiger partial charge >= 0.3 is 0 Å². The Bertz CT molecular complexity index is 687. The third kappa shape index (κ3) is 4.82. The van der Waals surface area contributed by atoms with Gasteiger partial charge in [0, 0.05) is 18.6 Å². The number of nitrogens with one attached hydrogen (secondary N) is 1. The molecule has 1 aliphatic heterocycles. The number of amides is 1. The molecule has 1 aromatic heterocycles. The highest BCUT2D eigenvalue weighted by molar-refractivity contribution is 8.01. The molecule has 1 aliphatic carbocycles. The quantitative estimate of drug-likeness (QED) is 0.674. The van der Waals surface area contributed by atoms with Crippen molar-refractivity contribution in [2.45, 2.75) is 49.0 Å². The molecule has 3 rings (SSSR count). The van der Waals surface area contributed by atoms with Crippen molar-refractivity contribution in [3.63, 3.8) is 0 Å². The first-order chi connectivity index (χ1) is 11.5. The molecule has 1 N–H and O–H groups in total. The van der Waals surface area contributed by atoms with E-state index in [2.05, 4.69) is 15.5 Å². The van der Waals surface area contributed by atoms with Crippen molar-refractivity contribution in [1.82, 2.24) is 15.1 Å². The smallest absolute Gasteiger partial charge is 0.233 e. The highest BCUT2D eigenvalue weighted by Gasteiger charge is 2.34. The van der Waals surface area contributed by atoms with Crippen LogP contribution in [-0.2, 0) is 14.6 Å². The number of rotatable bonds is 8. The maximum atomic E-state index is 12.6. The van der Waals surface area contributed by atoms with E-state index in [0.717, 1.165) is 15.9 Å². The molecule has 1 atom stereocenters. The predicted molar refractivity (Wildman–Crippen MR) is 96.3 cm³/mol. The molecule has 0 bridgehead atoms. The standard InChI is InChI=1S/C14H22N4O3S3/c1-2-6-18(11-5-7-24(20,21)9-11)12(19)8-22-14-17-16-13(23-14)15-10-3-4-10/h10-11H,2-9H2,1H3,(H,15,16)/t11-/m1/s1. The minimum absolute atomic E-state index is 0.0177. The minimum Gasteiger partial charge on any atom is -0.357 e. The Morgan fingerprint density at radius 1 is 1.38 bits per heavy atom. The zero-order valence-corrected chi connectivity index (χ0v) is 16.1. The van der Waals surface area contributed by atoms with Crippen molar-refractivity contribution in [3.05, 3.63) is 0 Å². The van der Waals surface area contributed by atoms with Gasteiger partial charge in [0.15, 0.2) is 14.2 Å². The Hall–Kier alpha value is -0.870. The number of sulfone groups is 1. The fourth-order valence-corrected chi connectivity index (χ4v) is 6.15. The van der Waals surface area contributed by atoms with Crippen molar-refractivity contribution < 1.29 is 13.2 Å². The summed E-state index contributed by atoms with van der Waals surface area (Å²) in [4.78, 5) is 14.3. The molecule has 1 saturated carbocycles. The summed E-state index contributed by atoms with van der Waals surface area (Å²) in [5, 5.41) is 12.3. The maximum absolute atomic E-state index is 12.6. The van der Waals surface area contributed by atoms with Gasteiger partial charge in [0.2, 0.25) is 11.0 Å². The van der Waals surface area contributed by atoms with Gasteiger partial charge in [-0.15, -0.1) is 10.2 Å². The average Bonchev–Trinajstić information content (AvgIpc) is 3.11. The summed E-state index contributed by atoms with van der Waals surface area (Å²) in [7, 11) is -2.99. The Morgan fingerprint density at radius 2 is 2.17 bits per heavy atom. The van der Waals surface area contributed by atoms with E-state index in [1.165, 1.54) is 35.9 Å². The summed E-state index contributed by atoms with van der Waals surface area (Å²) in [5.41, 5.74) is 0. The molecule has 0 spiro atoms. The van der Waals surface area contributed by atoms with E-state index >= 15 is 0 Å². The fourth-order valence-electron chi connectivity index (χ4n) is 2.71. The largest absolute Gasteiger partial charge is 0.357 e. The lowest BCUT2D eigenvalue weighted by molar-refractivity contribution is -0.130. The van der Waals surface area contributed by atoms with Crippen LogP contribution < -0.4 is 5.32 Å². The Kier molecular flexibility index (Phi) is 5.66. The summed E-state index contributed by atoms with van der Waals surface area (Å²) in [5.74, 6) is 0.535. The van der Waals surface area contributed by atoms with Crippen LogP contribution in [0.2, 0.25) is 0 Å². The molecule has 1 saturated heterocycles. The van der Waals surface area contributed by atoms with Crippen LogP contribution >= 0.6 is 23.1 Å². The first-order valence-corrected chi connectivity index (χ1v) is 11.8. The number of nitrogens with zero attached hydrogens (tertiary/aromatic N) is 3. The van der Waals surface area contributed by atoms with E-state index in [9.17, 15) is 13.2 Å². The Labute approximate surface area is 150 Å². The van der Waals surface area contributed by atoms with Gasteiger partial charge in [0.1, 0.15) is 0 Å². The second-order valence-electron chi connectivity index (χ2n) is 6.22. The summed E-state index contributed by atoms with van der Waals surface area (Å²) in [6.07, 6.45) is 3.72. The van der Waals surface area contributed by atoms with Crippen LogP contribution in [0.25, 0.3) is 0 Å². The summed E-state index contributed by atoms with van der Waals surface area (Å²) < 4.78 is 24.1. The first-order valence-electron chi connectivity index (χ1n) is 8.19. The summed E-state index contributed by atoms with van der Waals surface area (Å²) >= 11 is 2.84. The SMILES string of the molecule is CCCN(C(=O)CSc1nnc(NC2CC2)s1)[C@@H]1CCS(=O)(=O)C1. The molecule has 1 amide bonds. The van der Waals surface area contributed by atoms with Gasteiger partial charge in [0.25, 0.3) is 0 Å². The number of hydrogen-bond acceptors (Lipinski definition) is 8. The van der Waals surface area contributed by atoms with Crippen LogP contribution in [0.5, 0.6) is 0 Å². The Balaban J connectivity index is 1.54. The molecule has 0 unspecified atom stereocenters. The highest BCUT2D eigenvalue weighted by Crippen LogP contribution is 2.30. The van der Waals surface area contributed by atoms with Crippen LogP contribution in [0.1, 0.15) is 32.6 Å². The number of hydrogen-bond donors (Lipinski definition) is 1. The van der Waals surface area contributed by atoms with Crippen molar-refractivity contribution >= 4 is 44.0 Å². The lowest BCUT2D eigenvalue weighted by Crippen LogP contribution is -2.42. The van der Waals surface area contributed by atoms with E-state index in [0.29, 0.717) is 19.0 Å². The molecule has 134 valence electrons. The lowest BCUT2D eigenvalue weighted by Gasteiger charge is -2.27. The number of thioether (sulfide) groups is 1. The van der Waals surface area contributed by atoms with Crippen LogP contribution in [0.4, 0.5) is 5.13 Å². The zero-order chi connectivity index (χ0) is 17.2. The first kappa shape index (κ1) is 17.9. The topological polar surface area (TPSA) is 92.3 Å². The molecule has 24 heavy (non-hydrogen) atoms. The molecular formula is C14H22N4O3S3. The molecule has 2 aliphatic rings. The number of anilines is 1. The molecule has 7 nitrogen and oxygen atoms in total. The molecule has 1 aromatic rings. The van der Waals surface area contributed by atoms with Gasteiger partial charge in [-0.3, -0.25) is 4.79 Å². The van der Waals surface area contributed by atoms with E-state index in [1.54, 1.807) is 4.90 Å². The normalized spacial score (nSPS) is 22.5. The van der Waals surface area contributed by atoms with Gasteiger partial charge in [-0.1, -0.05) is 30.0 Å². The highest BCUT2D eigenvalue weighted by atomic mass is 32.2. The summed E-state index contributed by atoms with van der Waals surface area (Å²) in [6.45, 7) is 2.60. The monoisotopic (exact) mass is 390 g/mol. The van der Waals surface area contributed by atoms with Gasteiger partial charge < -0.3 is 10.2 Å². The van der Waals surface area contributed by atoms with Crippen molar-refractivity contribution in [1.29, 1.82) is 0 Å². The summed E-state index contributed by atoms with van der Waals surface area (Å²) in [6, 6.07) is 0.353. The second-order valence-corrected chi connectivity index (χ2v) is 10.7. The van der Waals surface area contributed by atoms with E-state index in [1.807, 2.05) is 6.92 Å².